The van der Waals surface area contributed by atoms with Gasteiger partial charge in [-0.2, -0.15) is 13.2 Å². The van der Waals surface area contributed by atoms with E-state index in [1.54, 1.807) is 36.9 Å². The number of alkyl halides is 3. The van der Waals surface area contributed by atoms with Gasteiger partial charge in [0, 0.05) is 55.6 Å². The number of pyridine rings is 4. The highest BCUT2D eigenvalue weighted by Gasteiger charge is 2.58. The predicted molar refractivity (Wildman–Crippen MR) is 187 cm³/mol. The number of thioether (sulfide) groups is 1. The second kappa shape index (κ2) is 13.8. The molecule has 256 valence electrons. The molecular weight excluding hydrogens is 666 g/mol. The topological polar surface area (TPSA) is 107 Å². The number of hydrogen-bond acceptors (Lipinski definition) is 9. The smallest absolute Gasteiger partial charge is 0.322 e. The summed E-state index contributed by atoms with van der Waals surface area (Å²) in [5.74, 6) is 0.684. The van der Waals surface area contributed by atoms with E-state index < -0.39 is 34.8 Å². The molecule has 1 aromatic carbocycles. The van der Waals surface area contributed by atoms with Crippen molar-refractivity contribution in [3.05, 3.63) is 121 Å². The van der Waals surface area contributed by atoms with Crippen LogP contribution in [-0.2, 0) is 4.79 Å². The quantitative estimate of drug-likeness (QED) is 0.115. The van der Waals surface area contributed by atoms with E-state index >= 15 is 0 Å². The van der Waals surface area contributed by atoms with Gasteiger partial charge in [-0.1, -0.05) is 26.0 Å². The van der Waals surface area contributed by atoms with Crippen LogP contribution in [0.15, 0.2) is 115 Å². The number of carbonyl (C=O) groups excluding carboxylic acids is 2. The van der Waals surface area contributed by atoms with Gasteiger partial charge in [-0.3, -0.25) is 4.79 Å². The van der Waals surface area contributed by atoms with Crippen molar-refractivity contribution in [3.63, 3.8) is 0 Å². The molecule has 1 aliphatic rings. The van der Waals surface area contributed by atoms with Crippen molar-refractivity contribution in [2.75, 3.05) is 28.8 Å². The minimum absolute atomic E-state index is 0.0658. The fraction of sp³-hybridized carbons (Fsp3) is 0.222. The van der Waals surface area contributed by atoms with Crippen molar-refractivity contribution in [1.29, 1.82) is 0 Å². The Hall–Kier alpha value is -5.50. The summed E-state index contributed by atoms with van der Waals surface area (Å²) in [6.45, 7) is 3.73. The van der Waals surface area contributed by atoms with Gasteiger partial charge >= 0.3 is 11.5 Å². The molecule has 4 aromatic heterocycles. The Morgan fingerprint density at radius 2 is 1.18 bits per heavy atom. The zero-order chi connectivity index (χ0) is 35.6. The molecule has 14 heteroatoms. The number of carbonyl (C=O) groups is 2. The number of halogens is 3. The number of urea groups is 1. The van der Waals surface area contributed by atoms with Crippen LogP contribution in [0.5, 0.6) is 0 Å². The number of nitrogens with zero attached hydrogens (tertiary/aromatic N) is 7. The summed E-state index contributed by atoms with van der Waals surface area (Å²) in [4.78, 5) is 51.2. The molecule has 5 aromatic rings. The molecule has 3 amide bonds. The number of nitrogens with one attached hydrogen (secondary N) is 1. The first-order chi connectivity index (χ1) is 23.9. The van der Waals surface area contributed by atoms with Crippen molar-refractivity contribution in [1.82, 2.24) is 25.3 Å². The van der Waals surface area contributed by atoms with Crippen molar-refractivity contribution in [2.24, 2.45) is 0 Å². The van der Waals surface area contributed by atoms with Gasteiger partial charge in [-0.15, -0.1) is 0 Å². The summed E-state index contributed by atoms with van der Waals surface area (Å²) in [6.07, 6.45) is 6.64. The van der Waals surface area contributed by atoms with Crippen LogP contribution < -0.4 is 20.0 Å². The maximum atomic E-state index is 14.8. The molecule has 2 unspecified atom stereocenters. The summed E-state index contributed by atoms with van der Waals surface area (Å²) < 4.78 is 39.1. The molecule has 1 fully saturated rings. The molecular formula is C36H33F3N8O2S. The molecule has 0 radical (unpaired) electrons. The average Bonchev–Trinajstić information content (AvgIpc) is 3.40. The average molecular weight is 699 g/mol. The van der Waals surface area contributed by atoms with Gasteiger partial charge < -0.3 is 15.1 Å². The minimum Gasteiger partial charge on any atom is -0.322 e. The highest BCUT2D eigenvalue weighted by molar-refractivity contribution is 8.00. The van der Waals surface area contributed by atoms with Crippen LogP contribution in [0.3, 0.4) is 0 Å². The third-order valence-electron chi connectivity index (χ3n) is 8.98. The van der Waals surface area contributed by atoms with Crippen LogP contribution in [0.2, 0.25) is 0 Å². The first kappa shape index (κ1) is 34.4. The van der Waals surface area contributed by atoms with E-state index in [4.69, 9.17) is 0 Å². The number of anilines is 5. The molecule has 0 spiro atoms. The Labute approximate surface area is 291 Å². The van der Waals surface area contributed by atoms with Crippen molar-refractivity contribution >= 4 is 52.7 Å². The van der Waals surface area contributed by atoms with E-state index in [0.29, 0.717) is 23.3 Å². The van der Waals surface area contributed by atoms with Gasteiger partial charge in [-0.05, 0) is 95.7 Å². The fourth-order valence-corrected chi connectivity index (χ4v) is 6.73. The van der Waals surface area contributed by atoms with Crippen LogP contribution in [0.25, 0.3) is 0 Å². The SMILES string of the molecule is CC(c1ccnc(N(C)c2ccccn2)c1)C1(C(C)c2ccnc(N(C)c3ccccn3)c2)NC(=O)N(c2ccc(SC(F)(F)F)cc2)C1=O. The summed E-state index contributed by atoms with van der Waals surface area (Å²) in [6, 6.07) is 22.8. The molecule has 0 bridgehead atoms. The number of hydrogen-bond donors (Lipinski definition) is 1. The van der Waals surface area contributed by atoms with E-state index in [2.05, 4.69) is 25.3 Å². The third kappa shape index (κ3) is 6.70. The molecule has 0 saturated carbocycles. The molecule has 1 aliphatic heterocycles. The Bertz CT molecular complexity index is 1890. The Morgan fingerprint density at radius 1 is 0.700 bits per heavy atom. The van der Waals surface area contributed by atoms with Gasteiger partial charge in [0.05, 0.1) is 5.69 Å². The first-order valence-corrected chi connectivity index (χ1v) is 16.4. The van der Waals surface area contributed by atoms with Crippen LogP contribution in [0, 0.1) is 0 Å². The molecule has 0 aliphatic carbocycles. The van der Waals surface area contributed by atoms with Crippen molar-refractivity contribution in [3.8, 4) is 0 Å². The van der Waals surface area contributed by atoms with Gasteiger partial charge in [0.25, 0.3) is 5.91 Å². The van der Waals surface area contributed by atoms with Gasteiger partial charge in [0.1, 0.15) is 28.8 Å². The van der Waals surface area contributed by atoms with Gasteiger partial charge in [0.2, 0.25) is 0 Å². The molecule has 10 nitrogen and oxygen atoms in total. The van der Waals surface area contributed by atoms with E-state index in [1.807, 2.05) is 86.3 Å². The van der Waals surface area contributed by atoms with Crippen molar-refractivity contribution < 1.29 is 22.8 Å². The zero-order valence-corrected chi connectivity index (χ0v) is 28.4. The first-order valence-electron chi connectivity index (χ1n) is 15.6. The lowest BCUT2D eigenvalue weighted by Crippen LogP contribution is -2.55. The monoisotopic (exact) mass is 698 g/mol. The number of benzene rings is 1. The Kier molecular flexibility index (Phi) is 9.47. The molecule has 1 saturated heterocycles. The molecule has 50 heavy (non-hydrogen) atoms. The van der Waals surface area contributed by atoms with Gasteiger partial charge in [-0.25, -0.2) is 29.6 Å². The maximum absolute atomic E-state index is 14.8. The lowest BCUT2D eigenvalue weighted by atomic mass is 9.70. The normalized spacial score (nSPS) is 17.3. The third-order valence-corrected chi connectivity index (χ3v) is 9.72. The lowest BCUT2D eigenvalue weighted by molar-refractivity contribution is -0.123. The Morgan fingerprint density at radius 3 is 1.62 bits per heavy atom. The van der Waals surface area contributed by atoms with Gasteiger partial charge in [0.15, 0.2) is 0 Å². The molecule has 1 N–H and O–H groups in total. The van der Waals surface area contributed by atoms with Crippen LogP contribution in [0.1, 0.15) is 36.8 Å². The molecule has 6 rings (SSSR count). The number of aromatic nitrogens is 4. The van der Waals surface area contributed by atoms with Crippen LogP contribution >= 0.6 is 11.8 Å². The number of amides is 3. The lowest BCUT2D eigenvalue weighted by Gasteiger charge is -2.39. The molecule has 2 atom stereocenters. The standard InChI is InChI=1S/C36H33F3N8O2S/c1-23(25-15-19-42-31(21-25)45(3)29-9-5-7-17-40-29)35(24(2)26-16-20-43-32(22-26)46(4)30-10-6-8-18-41-30)33(48)47(34(49)44-35)27-11-13-28(14-12-27)50-36(37,38)39/h5-24H,1-4H3,(H,44,49). The van der Waals surface area contributed by atoms with Crippen molar-refractivity contribution in [2.45, 2.75) is 41.6 Å². The van der Waals surface area contributed by atoms with Crippen LogP contribution in [0.4, 0.5) is 46.9 Å². The second-order valence-electron chi connectivity index (χ2n) is 11.8. The Balaban J connectivity index is 1.42. The summed E-state index contributed by atoms with van der Waals surface area (Å²) in [5, 5.41) is 3.04. The second-order valence-corrected chi connectivity index (χ2v) is 13.0. The molecule has 5 heterocycles. The van der Waals surface area contributed by atoms with E-state index in [1.165, 1.54) is 24.3 Å². The largest absolute Gasteiger partial charge is 0.446 e. The zero-order valence-electron chi connectivity index (χ0n) is 27.5. The number of rotatable bonds is 10. The van der Waals surface area contributed by atoms with E-state index in [-0.39, 0.29) is 22.3 Å². The highest BCUT2D eigenvalue weighted by atomic mass is 32.2. The predicted octanol–water partition coefficient (Wildman–Crippen LogP) is 7.82. The summed E-state index contributed by atoms with van der Waals surface area (Å²) in [5.41, 5.74) is -4.43. The minimum atomic E-state index is -4.48. The van der Waals surface area contributed by atoms with Crippen LogP contribution in [-0.4, -0.2) is 57.0 Å². The summed E-state index contributed by atoms with van der Waals surface area (Å²) in [7, 11) is 3.66. The van der Waals surface area contributed by atoms with E-state index in [9.17, 15) is 22.8 Å². The fourth-order valence-electron chi connectivity index (χ4n) is 6.20. The maximum Gasteiger partial charge on any atom is 0.446 e. The van der Waals surface area contributed by atoms with E-state index in [0.717, 1.165) is 16.0 Å². The number of imide groups is 1. The summed E-state index contributed by atoms with van der Waals surface area (Å²) >= 11 is -0.271. The highest BCUT2D eigenvalue weighted by Crippen LogP contribution is 2.46.